The van der Waals surface area contributed by atoms with Crippen LogP contribution in [0.5, 0.6) is 0 Å². The molecule has 8 nitrogen and oxygen atoms in total. The third kappa shape index (κ3) is 3.43. The van der Waals surface area contributed by atoms with Crippen molar-refractivity contribution >= 4 is 11.6 Å². The van der Waals surface area contributed by atoms with Crippen LogP contribution in [-0.2, 0) is 0 Å². The van der Waals surface area contributed by atoms with Crippen molar-refractivity contribution in [1.29, 1.82) is 0 Å². The maximum Gasteiger partial charge on any atom is 0.277 e. The molecule has 0 aliphatic carbocycles. The van der Waals surface area contributed by atoms with Gasteiger partial charge in [0.25, 0.3) is 5.91 Å². The number of imidazole rings is 1. The Hall–Kier alpha value is -3.00. The lowest BCUT2D eigenvalue weighted by molar-refractivity contribution is 0.102. The largest absolute Gasteiger partial charge is 0.345 e. The monoisotopic (exact) mass is 337 g/mol. The molecule has 0 saturated carbocycles. The van der Waals surface area contributed by atoms with Gasteiger partial charge in [0.1, 0.15) is 5.82 Å². The normalized spacial score (nSPS) is 15.2. The van der Waals surface area contributed by atoms with Crippen molar-refractivity contribution in [3.05, 3.63) is 48.5 Å². The van der Waals surface area contributed by atoms with Crippen molar-refractivity contribution in [2.75, 3.05) is 18.4 Å². The van der Waals surface area contributed by atoms with Crippen molar-refractivity contribution in [2.45, 2.75) is 18.9 Å². The number of hydrogen-bond acceptors (Lipinski definition) is 5. The Bertz CT molecular complexity index is 832. The first kappa shape index (κ1) is 15.5. The predicted molar refractivity (Wildman–Crippen MR) is 93.1 cm³/mol. The van der Waals surface area contributed by atoms with Gasteiger partial charge in [-0.25, -0.2) is 9.67 Å². The first-order chi connectivity index (χ1) is 12.3. The van der Waals surface area contributed by atoms with Gasteiger partial charge in [-0.2, -0.15) is 0 Å². The number of aromatic amines is 1. The highest BCUT2D eigenvalue weighted by Gasteiger charge is 2.18. The van der Waals surface area contributed by atoms with Gasteiger partial charge in [0.15, 0.2) is 5.69 Å². The van der Waals surface area contributed by atoms with Gasteiger partial charge in [-0.3, -0.25) is 4.79 Å². The Labute approximate surface area is 144 Å². The van der Waals surface area contributed by atoms with Gasteiger partial charge in [0.05, 0.1) is 12.2 Å². The molecule has 0 bridgehead atoms. The Kier molecular flexibility index (Phi) is 4.26. The van der Waals surface area contributed by atoms with Gasteiger partial charge in [-0.15, -0.1) is 5.10 Å². The highest BCUT2D eigenvalue weighted by Crippen LogP contribution is 2.19. The lowest BCUT2D eigenvalue weighted by Crippen LogP contribution is -2.29. The summed E-state index contributed by atoms with van der Waals surface area (Å²) < 4.78 is 1.80. The topological polar surface area (TPSA) is 101 Å². The molecule has 8 heteroatoms. The SMILES string of the molecule is O=C(Nc1ccc(-c2ncc[nH]2)cc1)c1cn(C2CCNCC2)nn1. The van der Waals surface area contributed by atoms with E-state index in [0.29, 0.717) is 17.4 Å². The van der Waals surface area contributed by atoms with Crippen LogP contribution in [0.3, 0.4) is 0 Å². The summed E-state index contributed by atoms with van der Waals surface area (Å²) in [6.07, 6.45) is 7.20. The lowest BCUT2D eigenvalue weighted by atomic mass is 10.1. The van der Waals surface area contributed by atoms with E-state index >= 15 is 0 Å². The number of benzene rings is 1. The van der Waals surface area contributed by atoms with Gasteiger partial charge >= 0.3 is 0 Å². The number of hydrogen-bond donors (Lipinski definition) is 3. The van der Waals surface area contributed by atoms with E-state index in [9.17, 15) is 4.79 Å². The van der Waals surface area contributed by atoms with Gasteiger partial charge in [-0.05, 0) is 50.2 Å². The first-order valence-corrected chi connectivity index (χ1v) is 8.33. The van der Waals surface area contributed by atoms with Gasteiger partial charge in [0, 0.05) is 23.6 Å². The quantitative estimate of drug-likeness (QED) is 0.674. The number of nitrogens with zero attached hydrogens (tertiary/aromatic N) is 4. The highest BCUT2D eigenvalue weighted by atomic mass is 16.2. The highest BCUT2D eigenvalue weighted by molar-refractivity contribution is 6.02. The van der Waals surface area contributed by atoms with Gasteiger partial charge < -0.3 is 15.6 Å². The zero-order chi connectivity index (χ0) is 17.1. The number of piperidine rings is 1. The lowest BCUT2D eigenvalue weighted by Gasteiger charge is -2.22. The van der Waals surface area contributed by atoms with E-state index < -0.39 is 0 Å². The summed E-state index contributed by atoms with van der Waals surface area (Å²) in [5.41, 5.74) is 1.99. The zero-order valence-corrected chi connectivity index (χ0v) is 13.6. The van der Waals surface area contributed by atoms with Crippen LogP contribution < -0.4 is 10.6 Å². The third-order valence-corrected chi connectivity index (χ3v) is 4.34. The molecule has 128 valence electrons. The van der Waals surface area contributed by atoms with E-state index in [0.717, 1.165) is 37.3 Å². The second-order valence-electron chi connectivity index (χ2n) is 6.03. The Balaban J connectivity index is 1.42. The molecule has 3 N–H and O–H groups in total. The smallest absolute Gasteiger partial charge is 0.277 e. The number of amides is 1. The van der Waals surface area contributed by atoms with Gasteiger partial charge in [-0.1, -0.05) is 5.21 Å². The van der Waals surface area contributed by atoms with Crippen molar-refractivity contribution in [3.8, 4) is 11.4 Å². The molecule has 1 saturated heterocycles. The molecule has 3 aromatic rings. The summed E-state index contributed by atoms with van der Waals surface area (Å²) in [5, 5.41) is 14.3. The van der Waals surface area contributed by atoms with Crippen LogP contribution >= 0.6 is 0 Å². The molecule has 1 aromatic carbocycles. The minimum Gasteiger partial charge on any atom is -0.345 e. The fourth-order valence-electron chi connectivity index (χ4n) is 2.96. The van der Waals surface area contributed by atoms with Crippen LogP contribution in [0.15, 0.2) is 42.9 Å². The first-order valence-electron chi connectivity index (χ1n) is 8.33. The summed E-state index contributed by atoms with van der Waals surface area (Å²) >= 11 is 0. The van der Waals surface area contributed by atoms with Crippen LogP contribution in [-0.4, -0.2) is 44.0 Å². The van der Waals surface area contributed by atoms with Crippen molar-refractivity contribution in [3.63, 3.8) is 0 Å². The average molecular weight is 337 g/mol. The number of aromatic nitrogens is 5. The molecule has 0 atom stereocenters. The van der Waals surface area contributed by atoms with Crippen molar-refractivity contribution < 1.29 is 4.79 Å². The second kappa shape index (κ2) is 6.86. The molecule has 4 rings (SSSR count). The molecule has 0 unspecified atom stereocenters. The Morgan fingerprint density at radius 1 is 1.20 bits per heavy atom. The fourth-order valence-corrected chi connectivity index (χ4v) is 2.96. The zero-order valence-electron chi connectivity index (χ0n) is 13.6. The number of H-pyrrole nitrogens is 1. The predicted octanol–water partition coefficient (Wildman–Crippen LogP) is 1.84. The molecule has 1 fully saturated rings. The summed E-state index contributed by atoms with van der Waals surface area (Å²) in [6, 6.07) is 7.79. The summed E-state index contributed by atoms with van der Waals surface area (Å²) in [5.74, 6) is 0.536. The minimum atomic E-state index is -0.258. The van der Waals surface area contributed by atoms with Crippen LogP contribution in [0.2, 0.25) is 0 Å². The van der Waals surface area contributed by atoms with Crippen LogP contribution in [0, 0.1) is 0 Å². The minimum absolute atomic E-state index is 0.258. The number of carbonyl (C=O) groups excluding carboxylic acids is 1. The van der Waals surface area contributed by atoms with Crippen LogP contribution in [0.1, 0.15) is 29.4 Å². The summed E-state index contributed by atoms with van der Waals surface area (Å²) in [6.45, 7) is 1.93. The van der Waals surface area contributed by atoms with E-state index in [1.54, 1.807) is 23.3 Å². The second-order valence-corrected chi connectivity index (χ2v) is 6.03. The van der Waals surface area contributed by atoms with E-state index in [-0.39, 0.29) is 5.91 Å². The van der Waals surface area contributed by atoms with Gasteiger partial charge in [0.2, 0.25) is 0 Å². The maximum absolute atomic E-state index is 12.4. The van der Waals surface area contributed by atoms with E-state index in [1.165, 1.54) is 0 Å². The number of carbonyl (C=O) groups is 1. The Morgan fingerprint density at radius 2 is 2.00 bits per heavy atom. The van der Waals surface area contributed by atoms with E-state index in [2.05, 4.69) is 30.9 Å². The van der Waals surface area contributed by atoms with E-state index in [4.69, 9.17) is 0 Å². The molecule has 0 spiro atoms. The molecule has 25 heavy (non-hydrogen) atoms. The molecule has 1 aliphatic heterocycles. The van der Waals surface area contributed by atoms with Crippen LogP contribution in [0.4, 0.5) is 5.69 Å². The fraction of sp³-hybridized carbons (Fsp3) is 0.294. The summed E-state index contributed by atoms with van der Waals surface area (Å²) in [7, 11) is 0. The molecule has 1 aliphatic rings. The molecule has 3 heterocycles. The van der Waals surface area contributed by atoms with Crippen molar-refractivity contribution in [1.82, 2.24) is 30.3 Å². The number of nitrogens with one attached hydrogen (secondary N) is 3. The standard InChI is InChI=1S/C17H19N7O/c25-17(15-11-24(23-22-15)14-5-7-18-8-6-14)21-13-3-1-12(2-4-13)16-19-9-10-20-16/h1-4,9-11,14,18H,5-8H2,(H,19,20)(H,21,25). The van der Waals surface area contributed by atoms with E-state index in [1.807, 2.05) is 24.3 Å². The molecular formula is C17H19N7O. The molecule has 1 amide bonds. The molecule has 2 aromatic heterocycles. The summed E-state index contributed by atoms with van der Waals surface area (Å²) in [4.78, 5) is 19.6. The van der Waals surface area contributed by atoms with Crippen molar-refractivity contribution in [2.24, 2.45) is 0 Å². The van der Waals surface area contributed by atoms with Crippen LogP contribution in [0.25, 0.3) is 11.4 Å². The average Bonchev–Trinajstić information content (AvgIpc) is 3.35. The Morgan fingerprint density at radius 3 is 2.72 bits per heavy atom. The molecule has 0 radical (unpaired) electrons. The number of anilines is 1. The third-order valence-electron chi connectivity index (χ3n) is 4.34. The maximum atomic E-state index is 12.4. The molecular weight excluding hydrogens is 318 g/mol. The number of rotatable bonds is 4.